The molecule has 0 unspecified atom stereocenters. The lowest BCUT2D eigenvalue weighted by Gasteiger charge is -2.10. The highest BCUT2D eigenvalue weighted by Crippen LogP contribution is 2.21. The van der Waals surface area contributed by atoms with E-state index in [1.54, 1.807) is 24.3 Å². The molecule has 0 aliphatic rings. The van der Waals surface area contributed by atoms with Crippen molar-refractivity contribution in [2.24, 2.45) is 0 Å². The minimum Gasteiger partial charge on any atom is -0.494 e. The van der Waals surface area contributed by atoms with Crippen molar-refractivity contribution in [2.75, 3.05) is 23.8 Å². The molecule has 144 valence electrons. The van der Waals surface area contributed by atoms with Gasteiger partial charge in [-0.2, -0.15) is 0 Å². The molecule has 0 fully saturated rings. The number of hydrogen-bond acceptors (Lipinski definition) is 4. The van der Waals surface area contributed by atoms with Crippen molar-refractivity contribution < 1.29 is 14.3 Å². The monoisotopic (exact) mass is 396 g/mol. The van der Waals surface area contributed by atoms with Gasteiger partial charge in [-0.25, -0.2) is 0 Å². The molecule has 0 aromatic heterocycles. The fraction of sp³-hybridized carbons (Fsp3) is 0.136. The molecular weight excluding hydrogens is 376 g/mol. The van der Waals surface area contributed by atoms with Gasteiger partial charge in [0, 0.05) is 22.1 Å². The second-order valence-corrected chi connectivity index (χ2v) is 6.39. The van der Waals surface area contributed by atoms with Crippen LogP contribution in [-0.2, 0) is 4.79 Å². The Morgan fingerprint density at radius 1 is 0.786 bits per heavy atom. The molecule has 0 aliphatic heterocycles. The van der Waals surface area contributed by atoms with Gasteiger partial charge in [-0.3, -0.25) is 4.79 Å². The summed E-state index contributed by atoms with van der Waals surface area (Å²) in [5.41, 5.74) is 2.57. The van der Waals surface area contributed by atoms with Crippen LogP contribution >= 0.6 is 11.6 Å². The molecular formula is C22H21ClN2O3. The average molecular weight is 397 g/mol. The number of halogens is 1. The van der Waals surface area contributed by atoms with E-state index < -0.39 is 0 Å². The Hall–Kier alpha value is -3.18. The van der Waals surface area contributed by atoms with Crippen LogP contribution in [0.1, 0.15) is 6.92 Å². The molecule has 0 atom stereocenters. The highest BCUT2D eigenvalue weighted by Gasteiger charge is 2.04. The zero-order valence-electron chi connectivity index (χ0n) is 15.4. The maximum Gasteiger partial charge on any atom is 0.262 e. The molecule has 0 radical (unpaired) electrons. The van der Waals surface area contributed by atoms with Gasteiger partial charge >= 0.3 is 0 Å². The summed E-state index contributed by atoms with van der Waals surface area (Å²) in [7, 11) is 0. The van der Waals surface area contributed by atoms with Crippen LogP contribution < -0.4 is 20.1 Å². The van der Waals surface area contributed by atoms with E-state index in [-0.39, 0.29) is 12.5 Å². The predicted octanol–water partition coefficient (Wildman–Crippen LogP) is 5.50. The normalized spacial score (nSPS) is 10.2. The predicted molar refractivity (Wildman–Crippen MR) is 113 cm³/mol. The van der Waals surface area contributed by atoms with Gasteiger partial charge in [0.2, 0.25) is 0 Å². The van der Waals surface area contributed by atoms with Crippen molar-refractivity contribution in [3.63, 3.8) is 0 Å². The number of anilines is 3. The molecule has 0 saturated heterocycles. The Morgan fingerprint density at radius 3 is 1.89 bits per heavy atom. The van der Waals surface area contributed by atoms with E-state index in [1.165, 1.54) is 0 Å². The zero-order valence-corrected chi connectivity index (χ0v) is 16.2. The summed E-state index contributed by atoms with van der Waals surface area (Å²) < 4.78 is 10.9. The summed E-state index contributed by atoms with van der Waals surface area (Å²) in [6, 6.07) is 22.1. The molecule has 1 amide bonds. The Balaban J connectivity index is 1.49. The lowest BCUT2D eigenvalue weighted by Crippen LogP contribution is -2.20. The number of carbonyl (C=O) groups is 1. The van der Waals surface area contributed by atoms with E-state index in [2.05, 4.69) is 10.6 Å². The Kier molecular flexibility index (Phi) is 6.76. The minimum atomic E-state index is -0.234. The first-order valence-electron chi connectivity index (χ1n) is 8.90. The first-order chi connectivity index (χ1) is 13.6. The van der Waals surface area contributed by atoms with E-state index in [9.17, 15) is 4.79 Å². The van der Waals surface area contributed by atoms with Crippen LogP contribution in [0.4, 0.5) is 17.1 Å². The first-order valence-corrected chi connectivity index (χ1v) is 9.28. The van der Waals surface area contributed by atoms with Crippen LogP contribution in [-0.4, -0.2) is 19.1 Å². The maximum atomic E-state index is 12.0. The molecule has 28 heavy (non-hydrogen) atoms. The van der Waals surface area contributed by atoms with E-state index in [0.717, 1.165) is 17.1 Å². The average Bonchev–Trinajstić information content (AvgIpc) is 2.71. The number of carbonyl (C=O) groups excluding carboxylic acids is 1. The van der Waals surface area contributed by atoms with Crippen LogP contribution in [0.5, 0.6) is 11.5 Å². The van der Waals surface area contributed by atoms with Gasteiger partial charge < -0.3 is 20.1 Å². The SMILES string of the molecule is CCOc1ccc(Nc2ccc(NC(=O)COc3ccc(Cl)cc3)cc2)cc1. The summed E-state index contributed by atoms with van der Waals surface area (Å²) in [5.74, 6) is 1.20. The second kappa shape index (κ2) is 9.67. The van der Waals surface area contributed by atoms with Crippen molar-refractivity contribution in [1.29, 1.82) is 0 Å². The Labute approximate surface area is 169 Å². The molecule has 3 aromatic carbocycles. The van der Waals surface area contributed by atoms with Crippen molar-refractivity contribution >= 4 is 34.6 Å². The third-order valence-corrected chi connectivity index (χ3v) is 4.06. The van der Waals surface area contributed by atoms with Crippen LogP contribution in [0.15, 0.2) is 72.8 Å². The number of rotatable bonds is 8. The van der Waals surface area contributed by atoms with Crippen LogP contribution in [0.2, 0.25) is 5.02 Å². The largest absolute Gasteiger partial charge is 0.494 e. The summed E-state index contributed by atoms with van der Waals surface area (Å²) in [4.78, 5) is 12.0. The standard InChI is InChI=1S/C22H21ClN2O3/c1-2-27-20-13-9-18(10-14-20)24-17-5-7-19(8-6-17)25-22(26)15-28-21-11-3-16(23)4-12-21/h3-14,24H,2,15H2,1H3,(H,25,26). The van der Waals surface area contributed by atoms with Gasteiger partial charge in [0.25, 0.3) is 5.91 Å². The molecule has 6 heteroatoms. The second-order valence-electron chi connectivity index (χ2n) is 5.95. The lowest BCUT2D eigenvalue weighted by molar-refractivity contribution is -0.118. The number of benzene rings is 3. The number of amides is 1. The van der Waals surface area contributed by atoms with Gasteiger partial charge in [-0.1, -0.05) is 11.6 Å². The van der Waals surface area contributed by atoms with E-state index in [0.29, 0.717) is 23.1 Å². The number of hydrogen-bond donors (Lipinski definition) is 2. The van der Waals surface area contributed by atoms with Crippen molar-refractivity contribution in [2.45, 2.75) is 6.92 Å². The summed E-state index contributed by atoms with van der Waals surface area (Å²) >= 11 is 5.82. The molecule has 0 spiro atoms. The topological polar surface area (TPSA) is 59.6 Å². The fourth-order valence-electron chi connectivity index (χ4n) is 2.48. The number of nitrogens with one attached hydrogen (secondary N) is 2. The van der Waals surface area contributed by atoms with E-state index in [4.69, 9.17) is 21.1 Å². The Bertz CT molecular complexity index is 895. The molecule has 0 aliphatic carbocycles. The summed E-state index contributed by atoms with van der Waals surface area (Å²) in [6.07, 6.45) is 0. The third-order valence-electron chi connectivity index (χ3n) is 3.81. The van der Waals surface area contributed by atoms with Crippen LogP contribution in [0, 0.1) is 0 Å². The molecule has 3 aromatic rings. The van der Waals surface area contributed by atoms with Crippen molar-refractivity contribution in [3.05, 3.63) is 77.8 Å². The third kappa shape index (κ3) is 5.93. The van der Waals surface area contributed by atoms with Crippen molar-refractivity contribution in [1.82, 2.24) is 0 Å². The van der Waals surface area contributed by atoms with Gasteiger partial charge in [0.15, 0.2) is 6.61 Å². The van der Waals surface area contributed by atoms with E-state index in [1.807, 2.05) is 55.5 Å². The first kappa shape index (κ1) is 19.6. The lowest BCUT2D eigenvalue weighted by atomic mass is 10.2. The van der Waals surface area contributed by atoms with Crippen molar-refractivity contribution in [3.8, 4) is 11.5 Å². The number of ether oxygens (including phenoxy) is 2. The molecule has 0 saturated carbocycles. The summed E-state index contributed by atoms with van der Waals surface area (Å²) in [6.45, 7) is 2.52. The zero-order chi connectivity index (χ0) is 19.8. The molecule has 5 nitrogen and oxygen atoms in total. The smallest absolute Gasteiger partial charge is 0.262 e. The molecule has 0 bridgehead atoms. The quantitative estimate of drug-likeness (QED) is 0.527. The minimum absolute atomic E-state index is 0.0756. The Morgan fingerprint density at radius 2 is 1.29 bits per heavy atom. The van der Waals surface area contributed by atoms with Gasteiger partial charge in [0.1, 0.15) is 11.5 Å². The fourth-order valence-corrected chi connectivity index (χ4v) is 2.61. The van der Waals surface area contributed by atoms with Gasteiger partial charge in [0.05, 0.1) is 6.61 Å². The summed E-state index contributed by atoms with van der Waals surface area (Å²) in [5, 5.41) is 6.72. The highest BCUT2D eigenvalue weighted by molar-refractivity contribution is 6.30. The highest BCUT2D eigenvalue weighted by atomic mass is 35.5. The van der Waals surface area contributed by atoms with Gasteiger partial charge in [-0.05, 0) is 79.7 Å². The van der Waals surface area contributed by atoms with Gasteiger partial charge in [-0.15, -0.1) is 0 Å². The van der Waals surface area contributed by atoms with Crippen LogP contribution in [0.25, 0.3) is 0 Å². The molecule has 3 rings (SSSR count). The molecule has 0 heterocycles. The molecule has 2 N–H and O–H groups in total. The van der Waals surface area contributed by atoms with Crippen LogP contribution in [0.3, 0.4) is 0 Å². The van der Waals surface area contributed by atoms with E-state index >= 15 is 0 Å². The maximum absolute atomic E-state index is 12.0.